The molecule has 108 valence electrons. The van der Waals surface area contributed by atoms with Gasteiger partial charge in [-0.25, -0.2) is 4.98 Å². The van der Waals surface area contributed by atoms with Crippen molar-refractivity contribution >= 4 is 5.82 Å². The maximum Gasteiger partial charge on any atom is 0.146 e. The van der Waals surface area contributed by atoms with E-state index in [1.54, 1.807) is 6.20 Å². The summed E-state index contributed by atoms with van der Waals surface area (Å²) in [5.41, 5.74) is 4.19. The van der Waals surface area contributed by atoms with Gasteiger partial charge in [-0.3, -0.25) is 4.68 Å². The fourth-order valence-corrected chi connectivity index (χ4v) is 3.31. The molecule has 0 bridgehead atoms. The van der Waals surface area contributed by atoms with Crippen LogP contribution < -0.4 is 4.90 Å². The normalized spacial score (nSPS) is 18.0. The molecule has 0 radical (unpaired) electrons. The number of hydrogen-bond donors (Lipinski definition) is 0. The van der Waals surface area contributed by atoms with Crippen LogP contribution in [0, 0.1) is 25.2 Å². The number of hydrogen-bond acceptors (Lipinski definition) is 4. The predicted octanol–water partition coefficient (Wildman–Crippen LogP) is 2.65. The fraction of sp³-hybridized carbons (Fsp3) is 0.438. The van der Waals surface area contributed by atoms with Gasteiger partial charge in [-0.1, -0.05) is 0 Å². The van der Waals surface area contributed by atoms with Gasteiger partial charge < -0.3 is 4.90 Å². The zero-order valence-corrected chi connectivity index (χ0v) is 12.7. The van der Waals surface area contributed by atoms with Crippen LogP contribution in [0.5, 0.6) is 0 Å². The van der Waals surface area contributed by atoms with Gasteiger partial charge in [0, 0.05) is 31.0 Å². The van der Waals surface area contributed by atoms with Crippen molar-refractivity contribution in [2.24, 2.45) is 7.05 Å². The molecule has 0 amide bonds. The lowest BCUT2D eigenvalue weighted by Gasteiger charge is -2.27. The SMILES string of the molecule is Cc1nn(C)c(C)c1[C@H]1CCCN1c1ncccc1C#N. The molecule has 1 aliphatic rings. The van der Waals surface area contributed by atoms with Gasteiger partial charge in [0.15, 0.2) is 0 Å². The van der Waals surface area contributed by atoms with Gasteiger partial charge in [-0.2, -0.15) is 10.4 Å². The van der Waals surface area contributed by atoms with Crippen LogP contribution in [0.2, 0.25) is 0 Å². The Balaban J connectivity index is 2.06. The molecular formula is C16H19N5. The predicted molar refractivity (Wildman–Crippen MR) is 81.0 cm³/mol. The van der Waals surface area contributed by atoms with E-state index in [-0.39, 0.29) is 6.04 Å². The molecule has 3 rings (SSSR count). The molecule has 5 nitrogen and oxygen atoms in total. The van der Waals surface area contributed by atoms with Crippen LogP contribution in [0.3, 0.4) is 0 Å². The third kappa shape index (κ3) is 2.17. The van der Waals surface area contributed by atoms with E-state index in [0.29, 0.717) is 5.56 Å². The van der Waals surface area contributed by atoms with E-state index in [0.717, 1.165) is 30.9 Å². The Morgan fingerprint density at radius 1 is 1.38 bits per heavy atom. The summed E-state index contributed by atoms with van der Waals surface area (Å²) in [5.74, 6) is 0.796. The molecule has 21 heavy (non-hydrogen) atoms. The second kappa shape index (κ2) is 5.21. The smallest absolute Gasteiger partial charge is 0.146 e. The van der Waals surface area contributed by atoms with Gasteiger partial charge in [0.2, 0.25) is 0 Å². The van der Waals surface area contributed by atoms with Crippen LogP contribution in [-0.4, -0.2) is 21.3 Å². The Bertz CT molecular complexity index is 710. The number of nitrogens with zero attached hydrogens (tertiary/aromatic N) is 5. The van der Waals surface area contributed by atoms with Gasteiger partial charge in [-0.05, 0) is 38.8 Å². The second-order valence-electron chi connectivity index (χ2n) is 5.55. The quantitative estimate of drug-likeness (QED) is 0.849. The van der Waals surface area contributed by atoms with Crippen molar-refractivity contribution in [3.05, 3.63) is 40.8 Å². The van der Waals surface area contributed by atoms with Crippen molar-refractivity contribution in [1.82, 2.24) is 14.8 Å². The summed E-state index contributed by atoms with van der Waals surface area (Å²) in [4.78, 5) is 6.71. The van der Waals surface area contributed by atoms with Crippen molar-refractivity contribution in [2.45, 2.75) is 32.7 Å². The van der Waals surface area contributed by atoms with E-state index >= 15 is 0 Å². The molecule has 5 heteroatoms. The highest BCUT2D eigenvalue weighted by Gasteiger charge is 2.32. The van der Waals surface area contributed by atoms with Crippen LogP contribution in [0.15, 0.2) is 18.3 Å². The topological polar surface area (TPSA) is 57.7 Å². The van der Waals surface area contributed by atoms with Crippen LogP contribution >= 0.6 is 0 Å². The Hall–Kier alpha value is -2.35. The Labute approximate surface area is 124 Å². The fourth-order valence-electron chi connectivity index (χ4n) is 3.31. The molecule has 2 aromatic rings. The van der Waals surface area contributed by atoms with Crippen LogP contribution in [0.25, 0.3) is 0 Å². The minimum Gasteiger partial charge on any atom is -0.348 e. The van der Waals surface area contributed by atoms with Gasteiger partial charge >= 0.3 is 0 Å². The van der Waals surface area contributed by atoms with Gasteiger partial charge in [0.05, 0.1) is 17.3 Å². The minimum atomic E-state index is 0.265. The number of anilines is 1. The molecule has 1 fully saturated rings. The molecule has 1 atom stereocenters. The first-order valence-corrected chi connectivity index (χ1v) is 7.25. The minimum absolute atomic E-state index is 0.265. The zero-order valence-electron chi connectivity index (χ0n) is 12.7. The number of aromatic nitrogens is 3. The van der Waals surface area contributed by atoms with Gasteiger partial charge in [0.25, 0.3) is 0 Å². The molecule has 2 aromatic heterocycles. The summed E-state index contributed by atoms with van der Waals surface area (Å²) in [6.07, 6.45) is 3.95. The molecule has 0 saturated carbocycles. The van der Waals surface area contributed by atoms with E-state index in [9.17, 15) is 5.26 Å². The van der Waals surface area contributed by atoms with Gasteiger partial charge in [-0.15, -0.1) is 0 Å². The summed E-state index contributed by atoms with van der Waals surface area (Å²) in [7, 11) is 1.98. The lowest BCUT2D eigenvalue weighted by atomic mass is 10.0. The van der Waals surface area contributed by atoms with Crippen molar-refractivity contribution in [3.63, 3.8) is 0 Å². The number of aryl methyl sites for hydroxylation is 2. The summed E-state index contributed by atoms with van der Waals surface area (Å²) >= 11 is 0. The van der Waals surface area contributed by atoms with E-state index < -0.39 is 0 Å². The lowest BCUT2D eigenvalue weighted by molar-refractivity contribution is 0.693. The number of nitriles is 1. The average molecular weight is 281 g/mol. The first-order valence-electron chi connectivity index (χ1n) is 7.25. The first kappa shape index (κ1) is 13.6. The first-order chi connectivity index (χ1) is 10.1. The zero-order chi connectivity index (χ0) is 15.0. The lowest BCUT2D eigenvalue weighted by Crippen LogP contribution is -2.25. The molecule has 0 spiro atoms. The standard InChI is InChI=1S/C16H19N5/c1-11-15(12(2)20(3)19-11)14-7-5-9-21(14)16-13(10-17)6-4-8-18-16/h4,6,8,14H,5,7,9H2,1-3H3/t14-/m1/s1. The van der Waals surface area contributed by atoms with Crippen molar-refractivity contribution in [2.75, 3.05) is 11.4 Å². The molecule has 0 aromatic carbocycles. The molecule has 3 heterocycles. The maximum absolute atomic E-state index is 9.32. The highest BCUT2D eigenvalue weighted by atomic mass is 15.3. The van der Waals surface area contributed by atoms with Crippen molar-refractivity contribution in [1.29, 1.82) is 5.26 Å². The molecule has 1 saturated heterocycles. The summed E-state index contributed by atoms with van der Waals surface area (Å²) in [6.45, 7) is 5.10. The molecule has 0 N–H and O–H groups in total. The van der Waals surface area contributed by atoms with Crippen LogP contribution in [0.1, 0.15) is 41.4 Å². The third-order valence-electron chi connectivity index (χ3n) is 4.33. The molecule has 0 aliphatic carbocycles. The second-order valence-corrected chi connectivity index (χ2v) is 5.55. The van der Waals surface area contributed by atoms with Crippen LogP contribution in [0.4, 0.5) is 5.82 Å². The molecular weight excluding hydrogens is 262 g/mol. The Morgan fingerprint density at radius 3 is 2.86 bits per heavy atom. The maximum atomic E-state index is 9.32. The summed E-state index contributed by atoms with van der Waals surface area (Å²) in [6, 6.07) is 6.17. The van der Waals surface area contributed by atoms with Crippen molar-refractivity contribution in [3.8, 4) is 6.07 Å². The molecule has 0 unspecified atom stereocenters. The van der Waals surface area contributed by atoms with E-state index in [2.05, 4.69) is 34.9 Å². The number of pyridine rings is 1. The monoisotopic (exact) mass is 281 g/mol. The Kier molecular flexibility index (Phi) is 3.38. The van der Waals surface area contributed by atoms with Gasteiger partial charge in [0.1, 0.15) is 11.9 Å². The largest absolute Gasteiger partial charge is 0.348 e. The number of rotatable bonds is 2. The molecule has 1 aliphatic heterocycles. The average Bonchev–Trinajstić information content (AvgIpc) is 3.04. The summed E-state index contributed by atoms with van der Waals surface area (Å²) < 4.78 is 1.94. The Morgan fingerprint density at radius 2 is 2.19 bits per heavy atom. The van der Waals surface area contributed by atoms with E-state index in [1.807, 2.05) is 23.9 Å². The summed E-state index contributed by atoms with van der Waals surface area (Å²) in [5, 5.41) is 13.8. The van der Waals surface area contributed by atoms with Crippen LogP contribution in [-0.2, 0) is 7.05 Å². The highest BCUT2D eigenvalue weighted by Crippen LogP contribution is 2.38. The third-order valence-corrected chi connectivity index (χ3v) is 4.33. The van der Waals surface area contributed by atoms with Crippen molar-refractivity contribution < 1.29 is 0 Å². The van der Waals surface area contributed by atoms with E-state index in [1.165, 1.54) is 11.3 Å². The highest BCUT2D eigenvalue weighted by molar-refractivity contribution is 5.56. The van der Waals surface area contributed by atoms with E-state index in [4.69, 9.17) is 0 Å².